The smallest absolute Gasteiger partial charge is 0.0862 e. The van der Waals surface area contributed by atoms with Crippen molar-refractivity contribution in [1.29, 1.82) is 0 Å². The number of fused-ring (bicyclic) bond motifs is 6. The average molecular weight is 630 g/mol. The number of hydrogen-bond acceptors (Lipinski definition) is 2. The fraction of sp³-hybridized carbons (Fsp3) is 0.333. The first kappa shape index (κ1) is 29.8. The van der Waals surface area contributed by atoms with Crippen molar-refractivity contribution < 1.29 is 0 Å². The lowest BCUT2D eigenvalue weighted by molar-refractivity contribution is 0.239. The monoisotopic (exact) mass is 629 g/mol. The molecule has 6 aliphatic rings. The van der Waals surface area contributed by atoms with Crippen molar-refractivity contribution in [3.63, 3.8) is 0 Å². The van der Waals surface area contributed by atoms with Gasteiger partial charge in [0, 0.05) is 41.1 Å². The second-order valence-corrected chi connectivity index (χ2v) is 15.2. The molecular formula is C45H47N3. The Kier molecular flexibility index (Phi) is 7.24. The molecule has 2 aromatic carbocycles. The van der Waals surface area contributed by atoms with Crippen LogP contribution in [0.15, 0.2) is 127 Å². The zero-order valence-corrected chi connectivity index (χ0v) is 28.6. The second-order valence-electron chi connectivity index (χ2n) is 15.2. The lowest BCUT2D eigenvalue weighted by Crippen LogP contribution is -2.52. The number of anilines is 1. The first-order valence-electron chi connectivity index (χ1n) is 18.2. The molecule has 5 atom stereocenters. The van der Waals surface area contributed by atoms with Crippen LogP contribution in [-0.2, 0) is 12.8 Å². The second kappa shape index (κ2) is 11.7. The van der Waals surface area contributed by atoms with E-state index in [1.165, 1.54) is 39.5 Å². The number of allylic oxidation sites excluding steroid dienone is 8. The van der Waals surface area contributed by atoms with Gasteiger partial charge < -0.3 is 9.47 Å². The molecule has 3 nitrogen and oxygen atoms in total. The van der Waals surface area contributed by atoms with E-state index in [0.29, 0.717) is 30.0 Å². The van der Waals surface area contributed by atoms with Crippen LogP contribution in [-0.4, -0.2) is 35.3 Å². The standard InChI is InChI=1S/C45H47N3/c1-45(2)40-17-9-7-15-36(40)37-26-25-35(30-41(37)45)47(44-19-11-12-28-46(44)3)34-23-20-31(21-24-34)32-22-27-43-39(29-32)38-16-8-10-18-42(38)48(43)33-13-5-4-6-14-33/h4-9,11-17,20-24,26-27,30,32,35-36,40,44H,10,18-19,25,28-29H2,1-3H3. The molecule has 9 rings (SSSR count). The van der Waals surface area contributed by atoms with Gasteiger partial charge in [-0.3, -0.25) is 4.90 Å². The third-order valence-electron chi connectivity index (χ3n) is 12.2. The van der Waals surface area contributed by atoms with Gasteiger partial charge in [-0.2, -0.15) is 0 Å². The van der Waals surface area contributed by atoms with E-state index in [9.17, 15) is 0 Å². The number of aromatic nitrogens is 1. The maximum atomic E-state index is 2.73. The Morgan fingerprint density at radius 1 is 0.854 bits per heavy atom. The summed E-state index contributed by atoms with van der Waals surface area (Å²) in [5, 5.41) is 0. The predicted octanol–water partition coefficient (Wildman–Crippen LogP) is 9.84. The molecule has 5 unspecified atom stereocenters. The Morgan fingerprint density at radius 2 is 1.69 bits per heavy atom. The van der Waals surface area contributed by atoms with Crippen LogP contribution in [0.1, 0.15) is 67.1 Å². The first-order valence-corrected chi connectivity index (χ1v) is 18.2. The molecule has 242 valence electrons. The lowest BCUT2D eigenvalue weighted by Gasteiger charge is -2.45. The van der Waals surface area contributed by atoms with Gasteiger partial charge in [-0.05, 0) is 109 Å². The third-order valence-corrected chi connectivity index (χ3v) is 12.2. The van der Waals surface area contributed by atoms with Gasteiger partial charge in [0.15, 0.2) is 0 Å². The maximum absolute atomic E-state index is 2.73. The molecule has 1 saturated carbocycles. The van der Waals surface area contributed by atoms with Crippen molar-refractivity contribution in [3.8, 4) is 5.69 Å². The fourth-order valence-corrected chi connectivity index (χ4v) is 9.71. The van der Waals surface area contributed by atoms with Gasteiger partial charge in [-0.1, -0.05) is 111 Å². The van der Waals surface area contributed by atoms with Crippen molar-refractivity contribution in [3.05, 3.63) is 155 Å². The van der Waals surface area contributed by atoms with Crippen LogP contribution >= 0.6 is 0 Å². The molecule has 0 spiro atoms. The Morgan fingerprint density at radius 3 is 2.52 bits per heavy atom. The summed E-state index contributed by atoms with van der Waals surface area (Å²) in [7, 11) is 2.29. The molecule has 0 bridgehead atoms. The summed E-state index contributed by atoms with van der Waals surface area (Å²) in [6.07, 6.45) is 34.6. The van der Waals surface area contributed by atoms with Gasteiger partial charge in [0.25, 0.3) is 0 Å². The Balaban J connectivity index is 1.04. The molecule has 3 heteroatoms. The number of nitrogens with zero attached hydrogens (tertiary/aromatic N) is 3. The van der Waals surface area contributed by atoms with Crippen LogP contribution in [0, 0.1) is 17.3 Å². The number of para-hydroxylation sites is 1. The van der Waals surface area contributed by atoms with Gasteiger partial charge in [0.1, 0.15) is 0 Å². The third kappa shape index (κ3) is 4.73. The van der Waals surface area contributed by atoms with E-state index < -0.39 is 0 Å². The van der Waals surface area contributed by atoms with Crippen LogP contribution in [0.2, 0.25) is 0 Å². The summed E-state index contributed by atoms with van der Waals surface area (Å²) in [4.78, 5) is 5.25. The van der Waals surface area contributed by atoms with Crippen LogP contribution in [0.25, 0.3) is 17.8 Å². The molecule has 48 heavy (non-hydrogen) atoms. The summed E-state index contributed by atoms with van der Waals surface area (Å²) in [5.74, 6) is 1.43. The van der Waals surface area contributed by atoms with Crippen molar-refractivity contribution >= 4 is 17.8 Å². The Bertz CT molecular complexity index is 1940. The highest BCUT2D eigenvalue weighted by atomic mass is 15.4. The van der Waals surface area contributed by atoms with Crippen molar-refractivity contribution in [1.82, 2.24) is 9.47 Å². The quantitative estimate of drug-likeness (QED) is 0.260. The molecule has 0 amide bonds. The average Bonchev–Trinajstić information content (AvgIpc) is 3.58. The SMILES string of the molecule is CN1CC=CCC1N(c1ccc(C2C=Cc3c(c4c(n3-c3ccccc3)CCC=C4)C2)cc1)C1C=C2C(=CC1)C1C=CC=CC1C2(C)C. The van der Waals surface area contributed by atoms with E-state index in [0.717, 1.165) is 38.6 Å². The van der Waals surface area contributed by atoms with E-state index >= 15 is 0 Å². The molecule has 1 fully saturated rings. The van der Waals surface area contributed by atoms with Crippen LogP contribution < -0.4 is 4.90 Å². The molecule has 1 aliphatic heterocycles. The summed E-state index contributed by atoms with van der Waals surface area (Å²) < 4.78 is 2.52. The largest absolute Gasteiger partial charge is 0.349 e. The zero-order valence-electron chi connectivity index (χ0n) is 28.6. The topological polar surface area (TPSA) is 11.4 Å². The van der Waals surface area contributed by atoms with Crippen LogP contribution in [0.5, 0.6) is 0 Å². The molecule has 5 aliphatic carbocycles. The summed E-state index contributed by atoms with van der Waals surface area (Å²) in [6, 6.07) is 20.9. The molecule has 2 heterocycles. The molecule has 0 radical (unpaired) electrons. The summed E-state index contributed by atoms with van der Waals surface area (Å²) in [6.45, 7) is 5.91. The van der Waals surface area contributed by atoms with Crippen molar-refractivity contribution in [2.75, 3.05) is 18.5 Å². The van der Waals surface area contributed by atoms with E-state index in [1.54, 1.807) is 11.1 Å². The summed E-state index contributed by atoms with van der Waals surface area (Å²) in [5.41, 5.74) is 13.0. The lowest BCUT2D eigenvalue weighted by atomic mass is 9.75. The van der Waals surface area contributed by atoms with Gasteiger partial charge >= 0.3 is 0 Å². The van der Waals surface area contributed by atoms with E-state index in [2.05, 4.69) is 163 Å². The number of rotatable bonds is 5. The number of likely N-dealkylation sites (N-methyl/N-ethyl adjacent to an activating group) is 1. The highest BCUT2D eigenvalue weighted by Crippen LogP contribution is 2.57. The van der Waals surface area contributed by atoms with Gasteiger partial charge in [0.2, 0.25) is 0 Å². The number of benzene rings is 2. The highest BCUT2D eigenvalue weighted by Gasteiger charge is 2.48. The number of hydrogen-bond donors (Lipinski definition) is 0. The maximum Gasteiger partial charge on any atom is 0.0862 e. The van der Waals surface area contributed by atoms with Crippen LogP contribution in [0.3, 0.4) is 0 Å². The minimum atomic E-state index is 0.129. The summed E-state index contributed by atoms with van der Waals surface area (Å²) >= 11 is 0. The van der Waals surface area contributed by atoms with E-state index in [1.807, 2.05) is 0 Å². The normalized spacial score (nSPS) is 27.9. The van der Waals surface area contributed by atoms with E-state index in [4.69, 9.17) is 0 Å². The predicted molar refractivity (Wildman–Crippen MR) is 201 cm³/mol. The van der Waals surface area contributed by atoms with Crippen LogP contribution in [0.4, 0.5) is 5.69 Å². The molecular weight excluding hydrogens is 583 g/mol. The minimum Gasteiger partial charge on any atom is -0.349 e. The van der Waals surface area contributed by atoms with Gasteiger partial charge in [0.05, 0.1) is 12.2 Å². The van der Waals surface area contributed by atoms with Crippen molar-refractivity contribution in [2.45, 2.75) is 64.1 Å². The van der Waals surface area contributed by atoms with Gasteiger partial charge in [-0.15, -0.1) is 0 Å². The Hall–Kier alpha value is -4.34. The molecule has 1 aromatic heterocycles. The van der Waals surface area contributed by atoms with Crippen molar-refractivity contribution in [2.24, 2.45) is 17.3 Å². The van der Waals surface area contributed by atoms with Gasteiger partial charge in [-0.25, -0.2) is 0 Å². The first-order chi connectivity index (χ1) is 23.5. The molecule has 0 N–H and O–H groups in total. The highest BCUT2D eigenvalue weighted by molar-refractivity contribution is 5.72. The molecule has 3 aromatic rings. The zero-order chi connectivity index (χ0) is 32.4. The molecule has 0 saturated heterocycles. The van der Waals surface area contributed by atoms with E-state index in [-0.39, 0.29) is 5.41 Å². The minimum absolute atomic E-state index is 0.129. The Labute approximate surface area is 286 Å². The fourth-order valence-electron chi connectivity index (χ4n) is 9.71.